The van der Waals surface area contributed by atoms with Gasteiger partial charge in [0.2, 0.25) is 0 Å². The van der Waals surface area contributed by atoms with E-state index in [1.165, 1.54) is 18.2 Å². The Labute approximate surface area is 117 Å². The largest absolute Gasteiger partial charge is 0.345 e. The molecule has 1 heterocycles. The molecule has 7 heteroatoms. The van der Waals surface area contributed by atoms with Gasteiger partial charge in [0.1, 0.15) is 12.1 Å². The number of hydrogen-bond acceptors (Lipinski definition) is 3. The molecule has 0 fully saturated rings. The molecule has 0 bridgehead atoms. The number of rotatable bonds is 3. The number of carbonyl (C=O) groups excluding carboxylic acids is 1. The summed E-state index contributed by atoms with van der Waals surface area (Å²) >= 11 is 1.93. The first-order chi connectivity index (χ1) is 8.58. The number of carbonyl (C=O) groups is 1. The predicted molar refractivity (Wildman–Crippen MR) is 71.3 cm³/mol. The first kappa shape index (κ1) is 12.9. The van der Waals surface area contributed by atoms with Gasteiger partial charge in [0.15, 0.2) is 5.82 Å². The van der Waals surface area contributed by atoms with Crippen molar-refractivity contribution in [2.45, 2.75) is 6.54 Å². The Morgan fingerprint density at radius 1 is 1.56 bits per heavy atom. The van der Waals surface area contributed by atoms with Crippen LogP contribution in [0.2, 0.25) is 0 Å². The third kappa shape index (κ3) is 2.84. The van der Waals surface area contributed by atoms with Crippen LogP contribution >= 0.6 is 22.6 Å². The first-order valence-corrected chi connectivity index (χ1v) is 6.22. The van der Waals surface area contributed by atoms with Crippen LogP contribution in [0, 0.1) is 9.39 Å². The lowest BCUT2D eigenvalue weighted by Crippen LogP contribution is -2.25. The topological polar surface area (TPSA) is 59.8 Å². The Kier molecular flexibility index (Phi) is 3.90. The maximum atomic E-state index is 12.9. The molecule has 0 radical (unpaired) electrons. The Morgan fingerprint density at radius 3 is 2.94 bits per heavy atom. The monoisotopic (exact) mass is 360 g/mol. The van der Waals surface area contributed by atoms with E-state index in [0.29, 0.717) is 15.0 Å². The van der Waals surface area contributed by atoms with Crippen LogP contribution in [0.3, 0.4) is 0 Å². The quantitative estimate of drug-likeness (QED) is 0.844. The van der Waals surface area contributed by atoms with Crippen LogP contribution in [0.4, 0.5) is 4.39 Å². The van der Waals surface area contributed by atoms with Crippen molar-refractivity contribution in [2.24, 2.45) is 7.05 Å². The van der Waals surface area contributed by atoms with Crippen molar-refractivity contribution in [2.75, 3.05) is 0 Å². The molecule has 5 nitrogen and oxygen atoms in total. The van der Waals surface area contributed by atoms with Crippen molar-refractivity contribution in [1.82, 2.24) is 20.1 Å². The SMILES string of the molecule is Cn1cnnc1CNC(=O)c1ccc(F)cc1I. The van der Waals surface area contributed by atoms with Gasteiger partial charge in [-0.3, -0.25) is 4.79 Å². The molecule has 0 spiro atoms. The minimum absolute atomic E-state index is 0.262. The van der Waals surface area contributed by atoms with Gasteiger partial charge in [-0.1, -0.05) is 0 Å². The van der Waals surface area contributed by atoms with Crippen LogP contribution < -0.4 is 5.32 Å². The first-order valence-electron chi connectivity index (χ1n) is 5.14. The van der Waals surface area contributed by atoms with Crippen molar-refractivity contribution in [3.8, 4) is 0 Å². The maximum Gasteiger partial charge on any atom is 0.252 e. The second-order valence-corrected chi connectivity index (χ2v) is 4.83. The van der Waals surface area contributed by atoms with Gasteiger partial charge in [0, 0.05) is 10.6 Å². The second kappa shape index (κ2) is 5.42. The van der Waals surface area contributed by atoms with Crippen LogP contribution in [0.5, 0.6) is 0 Å². The molecule has 94 valence electrons. The van der Waals surface area contributed by atoms with E-state index in [-0.39, 0.29) is 18.3 Å². The third-order valence-electron chi connectivity index (χ3n) is 2.39. The van der Waals surface area contributed by atoms with Crippen molar-refractivity contribution in [3.63, 3.8) is 0 Å². The van der Waals surface area contributed by atoms with Gasteiger partial charge in [0.05, 0.1) is 12.1 Å². The molecule has 18 heavy (non-hydrogen) atoms. The smallest absolute Gasteiger partial charge is 0.252 e. The van der Waals surface area contributed by atoms with E-state index in [0.717, 1.165) is 0 Å². The molecular formula is C11H10FIN4O. The summed E-state index contributed by atoms with van der Waals surface area (Å²) in [5, 5.41) is 10.3. The molecule has 1 aromatic carbocycles. The minimum Gasteiger partial charge on any atom is -0.345 e. The van der Waals surface area contributed by atoms with Crippen molar-refractivity contribution in [3.05, 3.63) is 45.3 Å². The third-order valence-corrected chi connectivity index (χ3v) is 3.28. The van der Waals surface area contributed by atoms with Crippen LogP contribution in [0.1, 0.15) is 16.2 Å². The Bertz CT molecular complexity index is 584. The van der Waals surface area contributed by atoms with E-state index in [2.05, 4.69) is 15.5 Å². The van der Waals surface area contributed by atoms with E-state index < -0.39 is 0 Å². The number of hydrogen-bond donors (Lipinski definition) is 1. The molecule has 0 unspecified atom stereocenters. The molecule has 0 saturated heterocycles. The summed E-state index contributed by atoms with van der Waals surface area (Å²) in [5.41, 5.74) is 0.444. The highest BCUT2D eigenvalue weighted by Gasteiger charge is 2.11. The summed E-state index contributed by atoms with van der Waals surface area (Å²) in [6, 6.07) is 4.04. The molecule has 1 N–H and O–H groups in total. The van der Waals surface area contributed by atoms with Gasteiger partial charge in [0.25, 0.3) is 5.91 Å². The zero-order valence-corrected chi connectivity index (χ0v) is 11.7. The highest BCUT2D eigenvalue weighted by atomic mass is 127. The van der Waals surface area contributed by atoms with Gasteiger partial charge in [-0.15, -0.1) is 10.2 Å². The number of nitrogens with zero attached hydrogens (tertiary/aromatic N) is 3. The standard InChI is InChI=1S/C11H10FIN4O/c1-17-6-15-16-10(17)5-14-11(18)8-3-2-7(12)4-9(8)13/h2-4,6H,5H2,1H3,(H,14,18). The average molecular weight is 360 g/mol. The molecule has 0 saturated carbocycles. The summed E-state index contributed by atoms with van der Waals surface area (Å²) < 4.78 is 15.2. The van der Waals surface area contributed by atoms with E-state index in [1.807, 2.05) is 22.6 Å². The molecule has 1 aromatic heterocycles. The lowest BCUT2D eigenvalue weighted by atomic mass is 10.2. The van der Waals surface area contributed by atoms with Crippen LogP contribution in [-0.4, -0.2) is 20.7 Å². The fraction of sp³-hybridized carbons (Fsp3) is 0.182. The molecule has 2 rings (SSSR count). The fourth-order valence-corrected chi connectivity index (χ4v) is 2.12. The highest BCUT2D eigenvalue weighted by molar-refractivity contribution is 14.1. The van der Waals surface area contributed by atoms with Gasteiger partial charge in [-0.05, 0) is 40.8 Å². The molecule has 0 atom stereocenters. The van der Waals surface area contributed by atoms with Gasteiger partial charge < -0.3 is 9.88 Å². The number of amides is 1. The second-order valence-electron chi connectivity index (χ2n) is 3.66. The van der Waals surface area contributed by atoms with E-state index >= 15 is 0 Å². The molecule has 2 aromatic rings. The normalized spacial score (nSPS) is 10.4. The Hall–Kier alpha value is -1.51. The summed E-state index contributed by atoms with van der Waals surface area (Å²) in [6.45, 7) is 0.281. The maximum absolute atomic E-state index is 12.9. The van der Waals surface area contributed by atoms with Gasteiger partial charge in [-0.2, -0.15) is 0 Å². The Morgan fingerprint density at radius 2 is 2.33 bits per heavy atom. The van der Waals surface area contributed by atoms with Crippen molar-refractivity contribution < 1.29 is 9.18 Å². The van der Waals surface area contributed by atoms with Crippen LogP contribution in [0.25, 0.3) is 0 Å². The number of aromatic nitrogens is 3. The summed E-state index contributed by atoms with van der Waals surface area (Å²) in [4.78, 5) is 11.9. The lowest BCUT2D eigenvalue weighted by molar-refractivity contribution is 0.0948. The zero-order chi connectivity index (χ0) is 13.1. The molecular weight excluding hydrogens is 350 g/mol. The van der Waals surface area contributed by atoms with Crippen molar-refractivity contribution >= 4 is 28.5 Å². The van der Waals surface area contributed by atoms with E-state index in [9.17, 15) is 9.18 Å². The van der Waals surface area contributed by atoms with Gasteiger partial charge in [-0.25, -0.2) is 4.39 Å². The van der Waals surface area contributed by atoms with Crippen LogP contribution in [-0.2, 0) is 13.6 Å². The summed E-state index contributed by atoms with van der Waals surface area (Å²) in [5.74, 6) is 0.0344. The van der Waals surface area contributed by atoms with Crippen molar-refractivity contribution in [1.29, 1.82) is 0 Å². The number of halogens is 2. The lowest BCUT2D eigenvalue weighted by Gasteiger charge is -2.06. The molecule has 0 aliphatic carbocycles. The average Bonchev–Trinajstić information content (AvgIpc) is 2.72. The zero-order valence-electron chi connectivity index (χ0n) is 9.52. The number of nitrogens with one attached hydrogen (secondary N) is 1. The highest BCUT2D eigenvalue weighted by Crippen LogP contribution is 2.13. The number of aryl methyl sites for hydroxylation is 1. The van der Waals surface area contributed by atoms with E-state index in [4.69, 9.17) is 0 Å². The number of benzene rings is 1. The Balaban J connectivity index is 2.06. The summed E-state index contributed by atoms with van der Waals surface area (Å²) in [6.07, 6.45) is 1.56. The molecule has 1 amide bonds. The molecule has 0 aliphatic rings. The minimum atomic E-state index is -0.357. The van der Waals surface area contributed by atoms with Gasteiger partial charge >= 0.3 is 0 Å². The fourth-order valence-electron chi connectivity index (χ4n) is 1.40. The van der Waals surface area contributed by atoms with E-state index in [1.54, 1.807) is 17.9 Å². The summed E-state index contributed by atoms with van der Waals surface area (Å²) in [7, 11) is 1.79. The molecule has 0 aliphatic heterocycles. The predicted octanol–water partition coefficient (Wildman–Crippen LogP) is 1.49. The van der Waals surface area contributed by atoms with Crippen LogP contribution in [0.15, 0.2) is 24.5 Å².